The average molecular weight is 372 g/mol. The van der Waals surface area contributed by atoms with Crippen LogP contribution in [0.5, 0.6) is 5.75 Å². The van der Waals surface area contributed by atoms with E-state index in [9.17, 15) is 13.2 Å². The van der Waals surface area contributed by atoms with Crippen molar-refractivity contribution in [2.75, 3.05) is 33.1 Å². The van der Waals surface area contributed by atoms with Gasteiger partial charge in [0.25, 0.3) is 5.91 Å². The molecule has 0 spiro atoms. The maximum absolute atomic E-state index is 12.3. The topological polar surface area (TPSA) is 84.9 Å². The monoisotopic (exact) mass is 372 g/mol. The second kappa shape index (κ2) is 9.17. The molecular weight excluding hydrogens is 344 g/mol. The molecule has 1 aromatic carbocycles. The summed E-state index contributed by atoms with van der Waals surface area (Å²) in [6.45, 7) is 6.30. The first-order valence-corrected chi connectivity index (χ1v) is 9.56. The lowest BCUT2D eigenvalue weighted by Gasteiger charge is -2.17. The van der Waals surface area contributed by atoms with Crippen molar-refractivity contribution in [2.45, 2.75) is 38.2 Å². The number of rotatable bonds is 9. The smallest absolute Gasteiger partial charge is 0.253 e. The van der Waals surface area contributed by atoms with Crippen LogP contribution in [0.1, 0.15) is 27.2 Å². The van der Waals surface area contributed by atoms with Crippen LogP contribution in [0.4, 0.5) is 5.69 Å². The van der Waals surface area contributed by atoms with E-state index >= 15 is 0 Å². The highest BCUT2D eigenvalue weighted by Gasteiger charge is 2.21. The Balaban J connectivity index is 2.94. The Labute approximate surface area is 150 Å². The molecule has 7 nitrogen and oxygen atoms in total. The fourth-order valence-electron chi connectivity index (χ4n) is 1.95. The van der Waals surface area contributed by atoms with Crippen molar-refractivity contribution < 1.29 is 22.7 Å². The van der Waals surface area contributed by atoms with Crippen LogP contribution in [0, 0.1) is 5.92 Å². The number of nitrogens with one attached hydrogen (secondary N) is 1. The number of benzene rings is 1. The van der Waals surface area contributed by atoms with E-state index in [-0.39, 0.29) is 16.5 Å². The number of hydrogen-bond donors (Lipinski definition) is 1. The molecule has 0 saturated heterocycles. The van der Waals surface area contributed by atoms with E-state index in [2.05, 4.69) is 19.2 Å². The molecule has 1 unspecified atom stereocenters. The summed E-state index contributed by atoms with van der Waals surface area (Å²) in [4.78, 5) is 12.4. The quantitative estimate of drug-likeness (QED) is 0.719. The van der Waals surface area contributed by atoms with Crippen molar-refractivity contribution in [3.05, 3.63) is 18.2 Å². The third kappa shape index (κ3) is 5.98. The van der Waals surface area contributed by atoms with Crippen molar-refractivity contribution in [1.82, 2.24) is 4.31 Å². The van der Waals surface area contributed by atoms with Gasteiger partial charge < -0.3 is 14.8 Å². The number of sulfonamides is 1. The first-order chi connectivity index (χ1) is 11.6. The summed E-state index contributed by atoms with van der Waals surface area (Å²) in [7, 11) is 0.737. The van der Waals surface area contributed by atoms with E-state index in [1.165, 1.54) is 39.4 Å². The van der Waals surface area contributed by atoms with Crippen molar-refractivity contribution in [2.24, 2.45) is 5.92 Å². The standard InChI is InChI=1S/C17H28N2O5S/c1-12(2)9-10-24-13(3)17(20)18-15-11-14(7-8-16(15)23-6)25(21,22)19(4)5/h7-8,11-13H,9-10H2,1-6H3,(H,18,20). The van der Waals surface area contributed by atoms with Crippen molar-refractivity contribution in [3.63, 3.8) is 0 Å². The zero-order chi connectivity index (χ0) is 19.2. The molecule has 0 aromatic heterocycles. The van der Waals surface area contributed by atoms with Gasteiger partial charge in [-0.3, -0.25) is 4.79 Å². The Morgan fingerprint density at radius 2 is 1.88 bits per heavy atom. The highest BCUT2D eigenvalue weighted by molar-refractivity contribution is 7.89. The molecule has 1 aromatic rings. The second-order valence-corrected chi connectivity index (χ2v) is 8.49. The van der Waals surface area contributed by atoms with Gasteiger partial charge in [0.05, 0.1) is 17.7 Å². The normalized spacial score (nSPS) is 13.1. The van der Waals surface area contributed by atoms with Crippen LogP contribution >= 0.6 is 0 Å². The summed E-state index contributed by atoms with van der Waals surface area (Å²) in [5, 5.41) is 2.68. The van der Waals surface area contributed by atoms with Gasteiger partial charge >= 0.3 is 0 Å². The fraction of sp³-hybridized carbons (Fsp3) is 0.588. The van der Waals surface area contributed by atoms with Crippen LogP contribution in [-0.2, 0) is 19.6 Å². The van der Waals surface area contributed by atoms with Gasteiger partial charge in [-0.05, 0) is 37.5 Å². The van der Waals surface area contributed by atoms with Gasteiger partial charge in [0.15, 0.2) is 0 Å². The summed E-state index contributed by atoms with van der Waals surface area (Å²) in [6.07, 6.45) is 0.204. The van der Waals surface area contributed by atoms with Gasteiger partial charge in [0.2, 0.25) is 10.0 Å². The number of anilines is 1. The molecule has 0 aliphatic carbocycles. The maximum Gasteiger partial charge on any atom is 0.253 e. The zero-order valence-electron chi connectivity index (χ0n) is 15.7. The lowest BCUT2D eigenvalue weighted by Crippen LogP contribution is -2.28. The number of nitrogens with zero attached hydrogens (tertiary/aromatic N) is 1. The molecule has 0 fully saturated rings. The molecule has 8 heteroatoms. The molecule has 0 bridgehead atoms. The molecule has 1 N–H and O–H groups in total. The summed E-state index contributed by atoms with van der Waals surface area (Å²) in [5.41, 5.74) is 0.287. The predicted octanol–water partition coefficient (Wildman–Crippen LogP) is 2.34. The summed E-state index contributed by atoms with van der Waals surface area (Å²) >= 11 is 0. The highest BCUT2D eigenvalue weighted by atomic mass is 32.2. The molecule has 0 heterocycles. The lowest BCUT2D eigenvalue weighted by molar-refractivity contribution is -0.126. The van der Waals surface area contributed by atoms with Crippen LogP contribution in [0.3, 0.4) is 0 Å². The number of methoxy groups -OCH3 is 1. The fourth-order valence-corrected chi connectivity index (χ4v) is 2.88. The number of ether oxygens (including phenoxy) is 2. The molecule has 1 rings (SSSR count). The Bertz CT molecular complexity index is 686. The molecule has 0 aliphatic heterocycles. The summed E-state index contributed by atoms with van der Waals surface area (Å²) in [6, 6.07) is 4.33. The van der Waals surface area contributed by atoms with E-state index < -0.39 is 16.1 Å². The van der Waals surface area contributed by atoms with E-state index in [0.29, 0.717) is 18.3 Å². The number of carbonyl (C=O) groups is 1. The van der Waals surface area contributed by atoms with E-state index in [0.717, 1.165) is 10.7 Å². The van der Waals surface area contributed by atoms with Gasteiger partial charge in [-0.15, -0.1) is 0 Å². The van der Waals surface area contributed by atoms with Gasteiger partial charge in [0.1, 0.15) is 11.9 Å². The minimum Gasteiger partial charge on any atom is -0.495 e. The van der Waals surface area contributed by atoms with Gasteiger partial charge in [0, 0.05) is 20.7 Å². The van der Waals surface area contributed by atoms with Crippen LogP contribution in [0.15, 0.2) is 23.1 Å². The van der Waals surface area contributed by atoms with Gasteiger partial charge in [-0.1, -0.05) is 13.8 Å². The average Bonchev–Trinajstić information content (AvgIpc) is 2.53. The third-order valence-corrected chi connectivity index (χ3v) is 5.45. The van der Waals surface area contributed by atoms with Crippen molar-refractivity contribution in [3.8, 4) is 5.75 Å². The van der Waals surface area contributed by atoms with Crippen LogP contribution in [0.25, 0.3) is 0 Å². The molecule has 0 radical (unpaired) electrons. The minimum atomic E-state index is -3.61. The van der Waals surface area contributed by atoms with Gasteiger partial charge in [-0.25, -0.2) is 12.7 Å². The molecule has 1 amide bonds. The van der Waals surface area contributed by atoms with E-state index in [1.807, 2.05) is 0 Å². The van der Waals surface area contributed by atoms with E-state index in [4.69, 9.17) is 9.47 Å². The summed E-state index contributed by atoms with van der Waals surface area (Å²) in [5.74, 6) is 0.505. The summed E-state index contributed by atoms with van der Waals surface area (Å²) < 4.78 is 36.3. The number of hydrogen-bond acceptors (Lipinski definition) is 5. The third-order valence-electron chi connectivity index (χ3n) is 3.64. The van der Waals surface area contributed by atoms with Crippen LogP contribution in [-0.4, -0.2) is 52.5 Å². The molecule has 1 atom stereocenters. The van der Waals surface area contributed by atoms with Crippen LogP contribution in [0.2, 0.25) is 0 Å². The SMILES string of the molecule is COc1ccc(S(=O)(=O)N(C)C)cc1NC(=O)C(C)OCCC(C)C. The molecule has 0 aliphatic rings. The first kappa shape index (κ1) is 21.4. The van der Waals surface area contributed by atoms with Crippen LogP contribution < -0.4 is 10.1 Å². The highest BCUT2D eigenvalue weighted by Crippen LogP contribution is 2.28. The molecular formula is C17H28N2O5S. The largest absolute Gasteiger partial charge is 0.495 e. The Morgan fingerprint density at radius 3 is 2.40 bits per heavy atom. The number of carbonyl (C=O) groups excluding carboxylic acids is 1. The molecule has 142 valence electrons. The first-order valence-electron chi connectivity index (χ1n) is 8.12. The Morgan fingerprint density at radius 1 is 1.24 bits per heavy atom. The Kier molecular flexibility index (Phi) is 7.85. The minimum absolute atomic E-state index is 0.0713. The zero-order valence-corrected chi connectivity index (χ0v) is 16.5. The number of amides is 1. The Hall–Kier alpha value is -1.64. The van der Waals surface area contributed by atoms with Gasteiger partial charge in [-0.2, -0.15) is 0 Å². The lowest BCUT2D eigenvalue weighted by atomic mass is 10.1. The van der Waals surface area contributed by atoms with E-state index in [1.54, 1.807) is 6.92 Å². The van der Waals surface area contributed by atoms with Crippen molar-refractivity contribution >= 4 is 21.6 Å². The second-order valence-electron chi connectivity index (χ2n) is 6.33. The molecule has 0 saturated carbocycles. The maximum atomic E-state index is 12.3. The molecule has 25 heavy (non-hydrogen) atoms. The van der Waals surface area contributed by atoms with Crippen molar-refractivity contribution in [1.29, 1.82) is 0 Å². The predicted molar refractivity (Wildman–Crippen MR) is 97.4 cm³/mol.